The van der Waals surface area contributed by atoms with E-state index < -0.39 is 20.9 Å². The van der Waals surface area contributed by atoms with Crippen molar-refractivity contribution in [1.29, 1.82) is 0 Å². The normalized spacial score (nSPS) is 11.4. The van der Waals surface area contributed by atoms with Gasteiger partial charge in [-0.05, 0) is 36.4 Å². The van der Waals surface area contributed by atoms with Crippen LogP contribution in [0.1, 0.15) is 10.4 Å². The van der Waals surface area contributed by atoms with Gasteiger partial charge in [0.2, 0.25) is 0 Å². The zero-order valence-electron chi connectivity index (χ0n) is 12.8. The molecule has 0 aliphatic carbocycles. The molecular formula is C17H14N2O5S. The average molecular weight is 358 g/mol. The third-order valence-electron chi connectivity index (χ3n) is 3.66. The highest BCUT2D eigenvalue weighted by Gasteiger charge is 2.19. The van der Waals surface area contributed by atoms with Gasteiger partial charge in [0.25, 0.3) is 16.0 Å². The molecule has 128 valence electrons. The SMILES string of the molecule is Nc1cccc(C(=O)Nc2ccc(O)c3c(S(=O)(=O)O)cccc23)c1. The molecule has 0 radical (unpaired) electrons. The van der Waals surface area contributed by atoms with E-state index in [-0.39, 0.29) is 22.2 Å². The minimum Gasteiger partial charge on any atom is -0.507 e. The van der Waals surface area contributed by atoms with Crippen molar-refractivity contribution in [2.45, 2.75) is 4.90 Å². The first-order valence-corrected chi connectivity index (χ1v) is 8.60. The number of carbonyl (C=O) groups is 1. The largest absolute Gasteiger partial charge is 0.507 e. The molecule has 0 aromatic heterocycles. The Morgan fingerprint density at radius 1 is 1.04 bits per heavy atom. The van der Waals surface area contributed by atoms with Crippen LogP contribution in [0, 0.1) is 0 Å². The van der Waals surface area contributed by atoms with Crippen LogP contribution < -0.4 is 11.1 Å². The summed E-state index contributed by atoms with van der Waals surface area (Å²) in [5.74, 6) is -0.776. The van der Waals surface area contributed by atoms with Gasteiger partial charge in [-0.25, -0.2) is 0 Å². The van der Waals surface area contributed by atoms with Crippen LogP contribution in [-0.4, -0.2) is 24.0 Å². The molecule has 0 fully saturated rings. The van der Waals surface area contributed by atoms with E-state index in [1.165, 1.54) is 36.4 Å². The summed E-state index contributed by atoms with van der Waals surface area (Å²) >= 11 is 0. The molecule has 0 saturated heterocycles. The smallest absolute Gasteiger partial charge is 0.295 e. The lowest BCUT2D eigenvalue weighted by Gasteiger charge is -2.12. The van der Waals surface area contributed by atoms with Crippen LogP contribution in [0.15, 0.2) is 59.5 Å². The van der Waals surface area contributed by atoms with Crippen LogP contribution in [0.25, 0.3) is 10.8 Å². The summed E-state index contributed by atoms with van der Waals surface area (Å²) in [5, 5.41) is 12.9. The van der Waals surface area contributed by atoms with Gasteiger partial charge in [0.1, 0.15) is 10.6 Å². The van der Waals surface area contributed by atoms with Gasteiger partial charge in [0.15, 0.2) is 0 Å². The number of phenols is 1. The van der Waals surface area contributed by atoms with Crippen LogP contribution >= 0.6 is 0 Å². The molecule has 0 bridgehead atoms. The topological polar surface area (TPSA) is 130 Å². The second kappa shape index (κ2) is 6.08. The minimum atomic E-state index is -4.54. The number of anilines is 2. The van der Waals surface area contributed by atoms with E-state index in [1.54, 1.807) is 18.2 Å². The molecule has 0 aliphatic heterocycles. The number of fused-ring (bicyclic) bond motifs is 1. The molecule has 3 rings (SSSR count). The number of benzene rings is 3. The van der Waals surface area contributed by atoms with Crippen molar-refractivity contribution in [3.05, 3.63) is 60.2 Å². The number of phenolic OH excluding ortho intramolecular Hbond substituents is 1. The summed E-state index contributed by atoms with van der Waals surface area (Å²) < 4.78 is 32.4. The van der Waals surface area contributed by atoms with Gasteiger partial charge < -0.3 is 16.2 Å². The number of rotatable bonds is 3. The summed E-state index contributed by atoms with van der Waals surface area (Å²) in [4.78, 5) is 11.9. The van der Waals surface area contributed by atoms with E-state index in [2.05, 4.69) is 5.32 Å². The Morgan fingerprint density at radius 3 is 2.44 bits per heavy atom. The van der Waals surface area contributed by atoms with Gasteiger partial charge >= 0.3 is 0 Å². The van der Waals surface area contributed by atoms with Crippen molar-refractivity contribution in [3.8, 4) is 5.75 Å². The molecule has 0 heterocycles. The van der Waals surface area contributed by atoms with Gasteiger partial charge in [-0.15, -0.1) is 0 Å². The van der Waals surface area contributed by atoms with E-state index in [0.29, 0.717) is 11.3 Å². The number of hydrogen-bond donors (Lipinski definition) is 4. The summed E-state index contributed by atoms with van der Waals surface area (Å²) in [6, 6.07) is 13.1. The van der Waals surface area contributed by atoms with Crippen LogP contribution in [0.3, 0.4) is 0 Å². The molecular weight excluding hydrogens is 344 g/mol. The van der Waals surface area contributed by atoms with E-state index in [9.17, 15) is 22.9 Å². The molecule has 0 spiro atoms. The van der Waals surface area contributed by atoms with Gasteiger partial charge in [-0.3, -0.25) is 9.35 Å². The van der Waals surface area contributed by atoms with Crippen molar-refractivity contribution in [3.63, 3.8) is 0 Å². The molecule has 8 heteroatoms. The predicted octanol–water partition coefficient (Wildman–Crippen LogP) is 2.63. The first kappa shape index (κ1) is 16.7. The lowest BCUT2D eigenvalue weighted by Crippen LogP contribution is -2.12. The minimum absolute atomic E-state index is 0.0737. The molecule has 25 heavy (non-hydrogen) atoms. The van der Waals surface area contributed by atoms with Crippen LogP contribution in [-0.2, 0) is 10.1 Å². The molecule has 1 amide bonds. The lowest BCUT2D eigenvalue weighted by atomic mass is 10.1. The highest BCUT2D eigenvalue weighted by atomic mass is 32.2. The summed E-state index contributed by atoms with van der Waals surface area (Å²) in [6.07, 6.45) is 0. The molecule has 5 N–H and O–H groups in total. The summed E-state index contributed by atoms with van der Waals surface area (Å²) in [5.41, 5.74) is 6.70. The fourth-order valence-electron chi connectivity index (χ4n) is 2.55. The average Bonchev–Trinajstić information content (AvgIpc) is 2.56. The molecule has 7 nitrogen and oxygen atoms in total. The third kappa shape index (κ3) is 3.25. The highest BCUT2D eigenvalue weighted by molar-refractivity contribution is 7.86. The standard InChI is InChI=1S/C17H14N2O5S/c18-11-4-1-3-10(9-11)17(21)19-13-7-8-14(20)16-12(13)5-2-6-15(16)25(22,23)24/h1-9,20H,18H2,(H,19,21)(H,22,23,24). The second-order valence-electron chi connectivity index (χ2n) is 5.37. The van der Waals surface area contributed by atoms with Crippen molar-refractivity contribution in [2.75, 3.05) is 11.1 Å². The number of aromatic hydroxyl groups is 1. The first-order valence-electron chi connectivity index (χ1n) is 7.16. The Bertz CT molecular complexity index is 1090. The second-order valence-corrected chi connectivity index (χ2v) is 6.76. The zero-order chi connectivity index (χ0) is 18.2. The zero-order valence-corrected chi connectivity index (χ0v) is 13.6. The number of hydrogen-bond acceptors (Lipinski definition) is 5. The van der Waals surface area contributed by atoms with Crippen molar-refractivity contribution < 1.29 is 22.9 Å². The number of amides is 1. The molecule has 0 aliphatic rings. The van der Waals surface area contributed by atoms with Gasteiger partial charge in [-0.1, -0.05) is 18.2 Å². The van der Waals surface area contributed by atoms with Gasteiger partial charge in [-0.2, -0.15) is 8.42 Å². The van der Waals surface area contributed by atoms with Crippen molar-refractivity contribution >= 4 is 38.2 Å². The quantitative estimate of drug-likeness (QED) is 0.323. The Kier molecular flexibility index (Phi) is 4.07. The molecule has 3 aromatic rings. The van der Waals surface area contributed by atoms with Crippen LogP contribution in [0.4, 0.5) is 11.4 Å². The van der Waals surface area contributed by atoms with E-state index in [4.69, 9.17) is 5.73 Å². The Morgan fingerprint density at radius 2 is 1.76 bits per heavy atom. The van der Waals surface area contributed by atoms with Crippen LogP contribution in [0.2, 0.25) is 0 Å². The Hall–Kier alpha value is -3.10. The van der Waals surface area contributed by atoms with E-state index in [1.807, 2.05) is 0 Å². The van der Waals surface area contributed by atoms with E-state index >= 15 is 0 Å². The number of nitrogen functional groups attached to an aromatic ring is 1. The summed E-state index contributed by atoms with van der Waals surface area (Å²) in [6.45, 7) is 0. The fourth-order valence-corrected chi connectivity index (χ4v) is 3.28. The van der Waals surface area contributed by atoms with Crippen molar-refractivity contribution in [2.24, 2.45) is 0 Å². The monoisotopic (exact) mass is 358 g/mol. The molecule has 0 saturated carbocycles. The maximum absolute atomic E-state index is 12.4. The lowest BCUT2D eigenvalue weighted by molar-refractivity contribution is 0.102. The van der Waals surface area contributed by atoms with Gasteiger partial charge in [0.05, 0.1) is 0 Å². The van der Waals surface area contributed by atoms with E-state index in [0.717, 1.165) is 0 Å². The summed E-state index contributed by atoms with van der Waals surface area (Å²) in [7, 11) is -4.54. The highest BCUT2D eigenvalue weighted by Crippen LogP contribution is 2.35. The molecule has 0 unspecified atom stereocenters. The van der Waals surface area contributed by atoms with Gasteiger partial charge in [0, 0.05) is 27.7 Å². The van der Waals surface area contributed by atoms with Crippen molar-refractivity contribution in [1.82, 2.24) is 0 Å². The number of nitrogens with two attached hydrogens (primary N) is 1. The molecule has 0 atom stereocenters. The molecule has 3 aromatic carbocycles. The maximum atomic E-state index is 12.4. The Balaban J connectivity index is 2.12. The first-order chi connectivity index (χ1) is 11.8. The fraction of sp³-hybridized carbons (Fsp3) is 0. The number of nitrogens with one attached hydrogen (secondary N) is 1. The number of carbonyl (C=O) groups excluding carboxylic acids is 1. The maximum Gasteiger partial charge on any atom is 0.295 e. The van der Waals surface area contributed by atoms with Crippen LogP contribution in [0.5, 0.6) is 5.75 Å². The predicted molar refractivity (Wildman–Crippen MR) is 94.2 cm³/mol. The Labute approximate surface area is 143 Å². The third-order valence-corrected chi connectivity index (χ3v) is 4.55.